The van der Waals surface area contributed by atoms with Gasteiger partial charge in [-0.1, -0.05) is 85.5 Å². The predicted octanol–water partition coefficient (Wildman–Crippen LogP) is 6.25. The number of hydrogen-bond donors (Lipinski definition) is 2. The first-order valence-electron chi connectivity index (χ1n) is 11.2. The van der Waals surface area contributed by atoms with Crippen molar-refractivity contribution in [3.05, 3.63) is 88.9 Å². The van der Waals surface area contributed by atoms with Crippen molar-refractivity contribution < 1.29 is 9.59 Å². The zero-order chi connectivity index (χ0) is 22.3. The molecule has 32 heavy (non-hydrogen) atoms. The standard InChI is InChI=1S/C27H27ClN2O2/c28-22-15-16-24-23(18-22)26(31)30-25(27(32)29-24)14-7-2-1-4-9-19-10-8-13-21(17-19)20-11-5-3-6-12-20/h3,5-6,8,10-13,15-18,25H,1-2,4,7,9,14H2,(H,29,32)(H,30,31). The summed E-state index contributed by atoms with van der Waals surface area (Å²) < 4.78 is 0. The Bertz CT molecular complexity index is 1100. The molecule has 1 unspecified atom stereocenters. The lowest BCUT2D eigenvalue weighted by Crippen LogP contribution is -2.41. The molecule has 5 heteroatoms. The maximum Gasteiger partial charge on any atom is 0.254 e. The maximum atomic E-state index is 12.5. The number of nitrogens with one attached hydrogen (secondary N) is 2. The third kappa shape index (κ3) is 5.57. The van der Waals surface area contributed by atoms with Crippen LogP contribution in [0.5, 0.6) is 0 Å². The number of amides is 2. The lowest BCUT2D eigenvalue weighted by atomic mass is 9.99. The van der Waals surface area contributed by atoms with E-state index in [1.807, 2.05) is 6.07 Å². The average Bonchev–Trinajstić information content (AvgIpc) is 2.93. The van der Waals surface area contributed by atoms with E-state index < -0.39 is 6.04 Å². The monoisotopic (exact) mass is 446 g/mol. The molecule has 164 valence electrons. The second kappa shape index (κ2) is 10.5. The van der Waals surface area contributed by atoms with Gasteiger partial charge in [0.25, 0.3) is 5.91 Å². The van der Waals surface area contributed by atoms with Crippen molar-refractivity contribution in [1.82, 2.24) is 5.32 Å². The number of carbonyl (C=O) groups excluding carboxylic acids is 2. The number of benzene rings is 3. The van der Waals surface area contributed by atoms with E-state index in [4.69, 9.17) is 11.6 Å². The molecule has 0 saturated heterocycles. The molecule has 0 radical (unpaired) electrons. The molecule has 0 spiro atoms. The van der Waals surface area contributed by atoms with Crippen LogP contribution in [0.25, 0.3) is 11.1 Å². The highest BCUT2D eigenvalue weighted by molar-refractivity contribution is 6.31. The van der Waals surface area contributed by atoms with Crippen molar-refractivity contribution in [2.45, 2.75) is 44.6 Å². The van der Waals surface area contributed by atoms with Crippen LogP contribution in [0, 0.1) is 0 Å². The summed E-state index contributed by atoms with van der Waals surface area (Å²) in [7, 11) is 0. The van der Waals surface area contributed by atoms with Gasteiger partial charge in [-0.2, -0.15) is 0 Å². The zero-order valence-electron chi connectivity index (χ0n) is 17.9. The Morgan fingerprint density at radius 3 is 2.41 bits per heavy atom. The van der Waals surface area contributed by atoms with Crippen molar-refractivity contribution in [3.63, 3.8) is 0 Å². The minimum Gasteiger partial charge on any atom is -0.340 e. The van der Waals surface area contributed by atoms with Crippen LogP contribution in [0.15, 0.2) is 72.8 Å². The minimum atomic E-state index is -0.517. The molecule has 0 aliphatic carbocycles. The lowest BCUT2D eigenvalue weighted by Gasteiger charge is -2.14. The quantitative estimate of drug-likeness (QED) is 0.402. The molecule has 3 aromatic rings. The Morgan fingerprint density at radius 2 is 1.56 bits per heavy atom. The van der Waals surface area contributed by atoms with Crippen LogP contribution in [0.1, 0.15) is 48.0 Å². The molecular formula is C27H27ClN2O2. The molecule has 1 aliphatic rings. The molecule has 0 fully saturated rings. The summed E-state index contributed by atoms with van der Waals surface area (Å²) in [5.74, 6) is -0.429. The highest BCUT2D eigenvalue weighted by atomic mass is 35.5. The molecule has 2 N–H and O–H groups in total. The topological polar surface area (TPSA) is 58.2 Å². The van der Waals surface area contributed by atoms with Crippen molar-refractivity contribution in [1.29, 1.82) is 0 Å². The molecular weight excluding hydrogens is 420 g/mol. The normalized spacial score (nSPS) is 15.5. The fraction of sp³-hybridized carbons (Fsp3) is 0.259. The maximum absolute atomic E-state index is 12.5. The fourth-order valence-electron chi connectivity index (χ4n) is 4.11. The van der Waals surface area contributed by atoms with Gasteiger partial charge in [0.15, 0.2) is 0 Å². The third-order valence-electron chi connectivity index (χ3n) is 5.85. The first-order chi connectivity index (χ1) is 15.6. The number of halogens is 1. The van der Waals surface area contributed by atoms with Crippen molar-refractivity contribution in [3.8, 4) is 11.1 Å². The van der Waals surface area contributed by atoms with Gasteiger partial charge >= 0.3 is 0 Å². The van der Waals surface area contributed by atoms with E-state index in [1.54, 1.807) is 18.2 Å². The number of carbonyl (C=O) groups is 2. The molecule has 0 aromatic heterocycles. The minimum absolute atomic E-state index is 0.169. The SMILES string of the molecule is O=C1NC(CCCCCCc2cccc(-c3ccccc3)c2)C(=O)Nc2ccc(Cl)cc21. The van der Waals surface area contributed by atoms with Crippen LogP contribution in [0.2, 0.25) is 5.02 Å². The van der Waals surface area contributed by atoms with E-state index in [1.165, 1.54) is 16.7 Å². The zero-order valence-corrected chi connectivity index (χ0v) is 18.7. The molecule has 2 amide bonds. The second-order valence-corrected chi connectivity index (χ2v) is 8.66. The van der Waals surface area contributed by atoms with Gasteiger partial charge in [0, 0.05) is 5.02 Å². The number of aryl methyl sites for hydroxylation is 1. The smallest absolute Gasteiger partial charge is 0.254 e. The van der Waals surface area contributed by atoms with Gasteiger partial charge in [-0.05, 0) is 54.2 Å². The molecule has 4 nitrogen and oxygen atoms in total. The van der Waals surface area contributed by atoms with Crippen molar-refractivity contribution >= 4 is 29.1 Å². The van der Waals surface area contributed by atoms with Crippen LogP contribution in [-0.2, 0) is 11.2 Å². The van der Waals surface area contributed by atoms with Gasteiger partial charge in [0.2, 0.25) is 5.91 Å². The van der Waals surface area contributed by atoms with E-state index >= 15 is 0 Å². The molecule has 4 rings (SSSR count). The number of anilines is 1. The third-order valence-corrected chi connectivity index (χ3v) is 6.08. The Hall–Kier alpha value is -3.11. The molecule has 1 aliphatic heterocycles. The van der Waals surface area contributed by atoms with Crippen molar-refractivity contribution in [2.75, 3.05) is 5.32 Å². The van der Waals surface area contributed by atoms with E-state index in [9.17, 15) is 9.59 Å². The first-order valence-corrected chi connectivity index (χ1v) is 11.5. The second-order valence-electron chi connectivity index (χ2n) is 8.22. The number of unbranched alkanes of at least 4 members (excludes halogenated alkanes) is 3. The molecule has 0 bridgehead atoms. The molecule has 0 saturated carbocycles. The van der Waals surface area contributed by atoms with Gasteiger partial charge in [-0.25, -0.2) is 0 Å². The first kappa shape index (κ1) is 22.1. The van der Waals surface area contributed by atoms with Gasteiger partial charge in [0.05, 0.1) is 11.3 Å². The summed E-state index contributed by atoms with van der Waals surface area (Å²) >= 11 is 5.99. The number of hydrogen-bond acceptors (Lipinski definition) is 2. The van der Waals surface area contributed by atoms with E-state index in [0.717, 1.165) is 32.1 Å². The van der Waals surface area contributed by atoms with Crippen LogP contribution in [-0.4, -0.2) is 17.9 Å². The van der Waals surface area contributed by atoms with E-state index in [-0.39, 0.29) is 11.8 Å². The van der Waals surface area contributed by atoms with Crippen molar-refractivity contribution in [2.24, 2.45) is 0 Å². The Balaban J connectivity index is 1.22. The summed E-state index contributed by atoms with van der Waals surface area (Å²) in [6.45, 7) is 0. The van der Waals surface area contributed by atoms with Crippen LogP contribution < -0.4 is 10.6 Å². The van der Waals surface area contributed by atoms with E-state index in [2.05, 4.69) is 59.2 Å². The van der Waals surface area contributed by atoms with Gasteiger partial charge in [0.1, 0.15) is 6.04 Å². The number of fused-ring (bicyclic) bond motifs is 1. The molecule has 3 aromatic carbocycles. The molecule has 1 atom stereocenters. The summed E-state index contributed by atoms with van der Waals surface area (Å²) in [5.41, 5.74) is 4.75. The summed E-state index contributed by atoms with van der Waals surface area (Å²) in [4.78, 5) is 25.0. The number of rotatable bonds is 8. The van der Waals surface area contributed by atoms with Crippen LogP contribution in [0.3, 0.4) is 0 Å². The van der Waals surface area contributed by atoms with Gasteiger partial charge in [-0.15, -0.1) is 0 Å². The predicted molar refractivity (Wildman–Crippen MR) is 130 cm³/mol. The lowest BCUT2D eigenvalue weighted by molar-refractivity contribution is -0.118. The fourth-order valence-corrected chi connectivity index (χ4v) is 4.28. The summed E-state index contributed by atoms with van der Waals surface area (Å²) in [5, 5.41) is 6.16. The Labute approximate surface area is 194 Å². The largest absolute Gasteiger partial charge is 0.340 e. The highest BCUT2D eigenvalue weighted by Crippen LogP contribution is 2.24. The average molecular weight is 447 g/mol. The Kier molecular flexibility index (Phi) is 7.23. The van der Waals surface area contributed by atoms with Gasteiger partial charge in [-0.3, -0.25) is 9.59 Å². The van der Waals surface area contributed by atoms with Gasteiger partial charge < -0.3 is 10.6 Å². The Morgan fingerprint density at radius 1 is 0.781 bits per heavy atom. The highest BCUT2D eigenvalue weighted by Gasteiger charge is 2.27. The summed E-state index contributed by atoms with van der Waals surface area (Å²) in [6.07, 6.45) is 5.77. The summed E-state index contributed by atoms with van der Waals surface area (Å²) in [6, 6.07) is 23.6. The molecule has 1 heterocycles. The van der Waals surface area contributed by atoms with Crippen LogP contribution >= 0.6 is 11.6 Å². The van der Waals surface area contributed by atoms with Crippen LogP contribution in [0.4, 0.5) is 5.69 Å². The van der Waals surface area contributed by atoms with E-state index in [0.29, 0.717) is 22.7 Å².